The number of aliphatic hydroxyl groups is 2. The maximum absolute atomic E-state index is 12.3. The zero-order chi connectivity index (χ0) is 17.8. The molecular weight excluding hydrogens is 322 g/mol. The minimum atomic E-state index is -2.19. The van der Waals surface area contributed by atoms with Gasteiger partial charge in [0.25, 0.3) is 5.91 Å². The van der Waals surface area contributed by atoms with Crippen molar-refractivity contribution in [2.24, 2.45) is 0 Å². The first-order valence-electron chi connectivity index (χ1n) is 7.16. The molecule has 0 unspecified atom stereocenters. The van der Waals surface area contributed by atoms with Crippen LogP contribution >= 0.6 is 11.6 Å². The maximum atomic E-state index is 12.3. The number of carboxylic acids is 1. The molecule has 0 fully saturated rings. The van der Waals surface area contributed by atoms with Gasteiger partial charge in [-0.2, -0.15) is 0 Å². The van der Waals surface area contributed by atoms with E-state index in [0.717, 1.165) is 10.5 Å². The van der Waals surface area contributed by atoms with Gasteiger partial charge in [-0.1, -0.05) is 32.9 Å². The quantitative estimate of drug-likeness (QED) is 0.677. The molecule has 23 heavy (non-hydrogen) atoms. The van der Waals surface area contributed by atoms with Gasteiger partial charge in [-0.25, -0.2) is 4.79 Å². The second kappa shape index (κ2) is 7.77. The molecule has 0 aliphatic rings. The number of hydrogen-bond acceptors (Lipinski definition) is 4. The Balaban J connectivity index is 3.06. The molecule has 6 nitrogen and oxygen atoms in total. The van der Waals surface area contributed by atoms with E-state index in [0.29, 0.717) is 5.69 Å². The Labute approximate surface area is 140 Å². The maximum Gasteiger partial charge on any atom is 0.335 e. The first-order valence-corrected chi connectivity index (χ1v) is 7.70. The number of anilines is 1. The van der Waals surface area contributed by atoms with Crippen LogP contribution in [-0.4, -0.2) is 51.8 Å². The van der Waals surface area contributed by atoms with Gasteiger partial charge in [0.1, 0.15) is 0 Å². The number of carbonyl (C=O) groups excluding carboxylic acids is 1. The van der Waals surface area contributed by atoms with Crippen LogP contribution < -0.4 is 4.90 Å². The Bertz CT molecular complexity index is 553. The molecule has 0 saturated carbocycles. The number of hydrogen-bond donors (Lipinski definition) is 3. The van der Waals surface area contributed by atoms with Crippen LogP contribution in [0.4, 0.5) is 5.69 Å². The van der Waals surface area contributed by atoms with Gasteiger partial charge in [0, 0.05) is 18.1 Å². The lowest BCUT2D eigenvalue weighted by Crippen LogP contribution is -2.48. The van der Waals surface area contributed by atoms with Crippen LogP contribution in [0, 0.1) is 0 Å². The van der Waals surface area contributed by atoms with E-state index in [2.05, 4.69) is 20.8 Å². The van der Waals surface area contributed by atoms with E-state index in [1.165, 1.54) is 0 Å². The SMILES string of the molecule is CC(C)(C)c1ccc(N(CCCl)C(=O)[C@H](O)[C@@H](O)C(=O)O)cc1. The van der Waals surface area contributed by atoms with Gasteiger partial charge in [0.15, 0.2) is 12.2 Å². The van der Waals surface area contributed by atoms with Crippen molar-refractivity contribution in [1.82, 2.24) is 0 Å². The molecule has 0 aromatic heterocycles. The van der Waals surface area contributed by atoms with Crippen molar-refractivity contribution in [3.8, 4) is 0 Å². The number of benzene rings is 1. The summed E-state index contributed by atoms with van der Waals surface area (Å²) in [4.78, 5) is 24.1. The molecule has 1 rings (SSSR count). The molecule has 1 aromatic carbocycles. The predicted octanol–water partition coefficient (Wildman–Crippen LogP) is 1.36. The summed E-state index contributed by atoms with van der Waals surface area (Å²) in [5, 5.41) is 27.8. The van der Waals surface area contributed by atoms with Crippen molar-refractivity contribution in [3.05, 3.63) is 29.8 Å². The highest BCUT2D eigenvalue weighted by molar-refractivity contribution is 6.18. The molecule has 0 bridgehead atoms. The van der Waals surface area contributed by atoms with Crippen molar-refractivity contribution >= 4 is 29.2 Å². The van der Waals surface area contributed by atoms with Crippen molar-refractivity contribution in [1.29, 1.82) is 0 Å². The molecule has 3 N–H and O–H groups in total. The molecule has 2 atom stereocenters. The number of halogens is 1. The van der Waals surface area contributed by atoms with E-state index in [1.54, 1.807) is 12.1 Å². The lowest BCUT2D eigenvalue weighted by atomic mass is 9.87. The third kappa shape index (κ3) is 4.92. The minimum absolute atomic E-state index is 0.0567. The van der Waals surface area contributed by atoms with Crippen LogP contribution in [0.25, 0.3) is 0 Å². The molecule has 7 heteroatoms. The number of alkyl halides is 1. The number of aliphatic carboxylic acids is 1. The van der Waals surface area contributed by atoms with Crippen LogP contribution in [0.3, 0.4) is 0 Å². The lowest BCUT2D eigenvalue weighted by Gasteiger charge is -2.26. The van der Waals surface area contributed by atoms with Gasteiger partial charge < -0.3 is 20.2 Å². The summed E-state index contributed by atoms with van der Waals surface area (Å²) in [6, 6.07) is 7.10. The summed E-state index contributed by atoms with van der Waals surface area (Å²) in [6.07, 6.45) is -4.24. The molecule has 0 spiro atoms. The number of aliphatic hydroxyl groups excluding tert-OH is 2. The predicted molar refractivity (Wildman–Crippen MR) is 87.9 cm³/mol. The van der Waals surface area contributed by atoms with E-state index >= 15 is 0 Å². The fraction of sp³-hybridized carbons (Fsp3) is 0.500. The van der Waals surface area contributed by atoms with Crippen molar-refractivity contribution < 1.29 is 24.9 Å². The summed E-state index contributed by atoms with van der Waals surface area (Å²) in [5.74, 6) is -2.48. The number of rotatable bonds is 6. The second-order valence-electron chi connectivity index (χ2n) is 6.20. The summed E-state index contributed by atoms with van der Waals surface area (Å²) in [6.45, 7) is 6.24. The Morgan fingerprint density at radius 1 is 1.13 bits per heavy atom. The standard InChI is InChI=1S/C16H22ClNO5/c1-16(2,3)10-4-6-11(7-5-10)18(9-8-17)14(21)12(19)13(20)15(22)23/h4-7,12-13,19-20H,8-9H2,1-3H3,(H,22,23)/t12-,13-/m1/s1. The second-order valence-corrected chi connectivity index (χ2v) is 6.58. The van der Waals surface area contributed by atoms with E-state index < -0.39 is 24.1 Å². The first kappa shape index (κ1) is 19.4. The number of carbonyl (C=O) groups is 2. The molecule has 0 aliphatic heterocycles. The van der Waals surface area contributed by atoms with Crippen molar-refractivity contribution in [3.63, 3.8) is 0 Å². The van der Waals surface area contributed by atoms with Gasteiger partial charge in [0.2, 0.25) is 0 Å². The average Bonchev–Trinajstić information content (AvgIpc) is 2.49. The van der Waals surface area contributed by atoms with Gasteiger partial charge in [-0.05, 0) is 23.1 Å². The summed E-state index contributed by atoms with van der Waals surface area (Å²) >= 11 is 5.69. The molecule has 0 saturated heterocycles. The number of nitrogens with zero attached hydrogens (tertiary/aromatic N) is 1. The molecular formula is C16H22ClNO5. The zero-order valence-corrected chi connectivity index (χ0v) is 14.1. The largest absolute Gasteiger partial charge is 0.479 e. The first-order chi connectivity index (χ1) is 10.6. The topological polar surface area (TPSA) is 98.1 Å². The highest BCUT2D eigenvalue weighted by Gasteiger charge is 2.33. The normalized spacial score (nSPS) is 14.2. The van der Waals surface area contributed by atoms with Crippen LogP contribution in [0.2, 0.25) is 0 Å². The summed E-state index contributed by atoms with van der Waals surface area (Å²) in [7, 11) is 0. The Hall–Kier alpha value is -1.63. The van der Waals surface area contributed by atoms with Gasteiger partial charge in [-0.3, -0.25) is 4.79 Å². The van der Waals surface area contributed by atoms with Gasteiger partial charge in [0.05, 0.1) is 0 Å². The van der Waals surface area contributed by atoms with Gasteiger partial charge in [-0.15, -0.1) is 11.6 Å². The summed E-state index contributed by atoms with van der Waals surface area (Å²) < 4.78 is 0. The fourth-order valence-electron chi connectivity index (χ4n) is 2.02. The molecule has 1 aromatic rings. The molecule has 128 valence electrons. The van der Waals surface area contributed by atoms with Crippen LogP contribution in [-0.2, 0) is 15.0 Å². The van der Waals surface area contributed by atoms with E-state index in [-0.39, 0.29) is 17.8 Å². The van der Waals surface area contributed by atoms with Crippen molar-refractivity contribution in [2.75, 3.05) is 17.3 Å². The minimum Gasteiger partial charge on any atom is -0.479 e. The molecule has 0 aliphatic carbocycles. The highest BCUT2D eigenvalue weighted by atomic mass is 35.5. The average molecular weight is 344 g/mol. The summed E-state index contributed by atoms with van der Waals surface area (Å²) in [5.41, 5.74) is 1.48. The highest BCUT2D eigenvalue weighted by Crippen LogP contribution is 2.25. The van der Waals surface area contributed by atoms with E-state index in [4.69, 9.17) is 16.7 Å². The third-order valence-corrected chi connectivity index (χ3v) is 3.59. The Morgan fingerprint density at radius 3 is 2.04 bits per heavy atom. The third-order valence-electron chi connectivity index (χ3n) is 3.42. The fourth-order valence-corrected chi connectivity index (χ4v) is 2.19. The molecule has 0 heterocycles. The number of carboxylic acid groups (broad SMARTS) is 1. The van der Waals surface area contributed by atoms with Crippen molar-refractivity contribution in [2.45, 2.75) is 38.4 Å². The monoisotopic (exact) mass is 343 g/mol. The Kier molecular flexibility index (Phi) is 6.56. The lowest BCUT2D eigenvalue weighted by molar-refractivity contribution is -0.157. The van der Waals surface area contributed by atoms with Crippen LogP contribution in [0.15, 0.2) is 24.3 Å². The van der Waals surface area contributed by atoms with E-state index in [9.17, 15) is 19.8 Å². The smallest absolute Gasteiger partial charge is 0.335 e. The van der Waals surface area contributed by atoms with Gasteiger partial charge >= 0.3 is 5.97 Å². The molecule has 0 radical (unpaired) electrons. The van der Waals surface area contributed by atoms with E-state index in [1.807, 2.05) is 12.1 Å². The van der Waals surface area contributed by atoms with Crippen LogP contribution in [0.1, 0.15) is 26.3 Å². The molecule has 1 amide bonds. The Morgan fingerprint density at radius 2 is 1.65 bits per heavy atom. The van der Waals surface area contributed by atoms with Crippen LogP contribution in [0.5, 0.6) is 0 Å². The zero-order valence-electron chi connectivity index (χ0n) is 13.4. The number of amides is 1.